The van der Waals surface area contributed by atoms with Gasteiger partial charge in [-0.3, -0.25) is 4.79 Å². The smallest absolute Gasteiger partial charge is 0.221 e. The van der Waals surface area contributed by atoms with Gasteiger partial charge >= 0.3 is 0 Å². The highest BCUT2D eigenvalue weighted by Gasteiger charge is 2.47. The lowest BCUT2D eigenvalue weighted by Gasteiger charge is -2.42. The first kappa shape index (κ1) is 37.5. The number of carbonyl (C=O) groups excluding carboxylic acids is 1. The molecule has 10 atom stereocenters. The van der Waals surface area contributed by atoms with E-state index in [1.165, 1.54) is 25.7 Å². The van der Waals surface area contributed by atoms with Crippen molar-refractivity contribution in [3.63, 3.8) is 0 Å². The number of rotatable bonds is 19. The van der Waals surface area contributed by atoms with Gasteiger partial charge in [-0.25, -0.2) is 0 Å². The van der Waals surface area contributed by atoms with Crippen LogP contribution in [0.2, 0.25) is 0 Å². The molecule has 10 unspecified atom stereocenters. The molecule has 1 amide bonds. The zero-order valence-corrected chi connectivity index (χ0v) is 25.3. The van der Waals surface area contributed by atoms with Gasteiger partial charge < -0.3 is 65.1 Å². The molecule has 0 aromatic rings. The van der Waals surface area contributed by atoms with E-state index in [0.29, 0.717) is 5.75 Å². The van der Waals surface area contributed by atoms with Crippen LogP contribution in [0.25, 0.3) is 0 Å². The number of unbranched alkanes of at least 4 members (excludes halogenated alkanes) is 5. The lowest BCUT2D eigenvalue weighted by molar-refractivity contribution is -0.313. The Morgan fingerprint density at radius 3 is 1.69 bits per heavy atom. The molecular weight excluding hydrogens is 578 g/mol. The standard InChI is InChI=1S/C27H51NO13S/c1-3-4-5-6-7-8-10-42-11-9-18(31)28-27(2,14-38-25-23(36)21(34)19(32)16(12-29)40-25)15-39-26-24(37)22(35)20(33)17(13-30)41-26/h16-17,19-26,29-30,32-37H,3-15H2,1-2H3,(H,28,31). The van der Waals surface area contributed by atoms with Crippen LogP contribution >= 0.6 is 11.8 Å². The van der Waals surface area contributed by atoms with E-state index in [4.69, 9.17) is 18.9 Å². The van der Waals surface area contributed by atoms with Crippen LogP contribution in [0.3, 0.4) is 0 Å². The van der Waals surface area contributed by atoms with Crippen LogP contribution < -0.4 is 5.32 Å². The third-order valence-corrected chi connectivity index (χ3v) is 8.46. The molecule has 0 aromatic heterocycles. The summed E-state index contributed by atoms with van der Waals surface area (Å²) in [6, 6.07) is 0. The lowest BCUT2D eigenvalue weighted by atomic mass is 9.98. The van der Waals surface area contributed by atoms with Crippen molar-refractivity contribution in [2.24, 2.45) is 0 Å². The molecule has 15 heteroatoms. The van der Waals surface area contributed by atoms with Crippen LogP contribution in [-0.2, 0) is 23.7 Å². The Hall–Kier alpha value is -0.660. The van der Waals surface area contributed by atoms with Gasteiger partial charge in [0.05, 0.1) is 32.0 Å². The minimum Gasteiger partial charge on any atom is -0.394 e. The molecule has 2 heterocycles. The van der Waals surface area contributed by atoms with Crippen molar-refractivity contribution in [1.29, 1.82) is 0 Å². The van der Waals surface area contributed by atoms with Gasteiger partial charge in [-0.15, -0.1) is 0 Å². The molecule has 2 saturated heterocycles. The topological polar surface area (TPSA) is 228 Å². The van der Waals surface area contributed by atoms with Crippen LogP contribution in [0, 0.1) is 0 Å². The summed E-state index contributed by atoms with van der Waals surface area (Å²) in [6.07, 6.45) is -7.78. The molecule has 0 bridgehead atoms. The molecule has 2 fully saturated rings. The van der Waals surface area contributed by atoms with Crippen LogP contribution in [0.1, 0.15) is 58.8 Å². The largest absolute Gasteiger partial charge is 0.394 e. The molecule has 0 saturated carbocycles. The lowest BCUT2D eigenvalue weighted by Crippen LogP contribution is -2.62. The van der Waals surface area contributed by atoms with Gasteiger partial charge in [0, 0.05) is 12.2 Å². The van der Waals surface area contributed by atoms with Crippen molar-refractivity contribution in [2.75, 3.05) is 37.9 Å². The van der Waals surface area contributed by atoms with Crippen LogP contribution in [-0.4, -0.2) is 152 Å². The number of nitrogens with one attached hydrogen (secondary N) is 1. The van der Waals surface area contributed by atoms with Gasteiger partial charge in [0.2, 0.25) is 5.91 Å². The highest BCUT2D eigenvalue weighted by atomic mass is 32.2. The van der Waals surface area contributed by atoms with E-state index in [0.717, 1.165) is 18.6 Å². The zero-order chi connectivity index (χ0) is 31.3. The summed E-state index contributed by atoms with van der Waals surface area (Å²) in [5, 5.41) is 82.6. The summed E-state index contributed by atoms with van der Waals surface area (Å²) < 4.78 is 22.1. The van der Waals surface area contributed by atoms with E-state index >= 15 is 0 Å². The van der Waals surface area contributed by atoms with Gasteiger partial charge in [0.15, 0.2) is 12.6 Å². The molecule has 0 spiro atoms. The Balaban J connectivity index is 1.98. The van der Waals surface area contributed by atoms with Gasteiger partial charge in [-0.05, 0) is 19.1 Å². The second-order valence-corrected chi connectivity index (χ2v) is 12.5. The monoisotopic (exact) mass is 629 g/mol. The first-order valence-electron chi connectivity index (χ1n) is 14.7. The number of hydrogen-bond acceptors (Lipinski definition) is 14. The third-order valence-electron chi connectivity index (χ3n) is 7.39. The Morgan fingerprint density at radius 2 is 1.21 bits per heavy atom. The molecule has 9 N–H and O–H groups in total. The molecule has 248 valence electrons. The summed E-state index contributed by atoms with van der Waals surface area (Å²) in [7, 11) is 0. The van der Waals surface area contributed by atoms with E-state index in [-0.39, 0.29) is 25.5 Å². The molecule has 2 aliphatic heterocycles. The Kier molecular flexibility index (Phi) is 17.0. The highest BCUT2D eigenvalue weighted by Crippen LogP contribution is 2.25. The summed E-state index contributed by atoms with van der Waals surface area (Å²) in [6.45, 7) is 1.76. The predicted octanol–water partition coefficient (Wildman–Crippen LogP) is -2.02. The SMILES string of the molecule is CCCCCCCCSCCC(=O)NC(C)(COC1OC(CO)C(O)C(O)C1O)COC1OC(CO)C(O)C(O)C1O. The van der Waals surface area contributed by atoms with Gasteiger partial charge in [-0.1, -0.05) is 39.0 Å². The van der Waals surface area contributed by atoms with Gasteiger partial charge in [-0.2, -0.15) is 11.8 Å². The van der Waals surface area contributed by atoms with Gasteiger partial charge in [0.25, 0.3) is 0 Å². The maximum atomic E-state index is 12.9. The van der Waals surface area contributed by atoms with Crippen LogP contribution in [0.5, 0.6) is 0 Å². The Morgan fingerprint density at radius 1 is 0.738 bits per heavy atom. The Bertz CT molecular complexity index is 724. The second-order valence-electron chi connectivity index (χ2n) is 11.3. The number of hydrogen-bond donors (Lipinski definition) is 9. The number of aliphatic hydroxyl groups excluding tert-OH is 8. The molecule has 0 aromatic carbocycles. The fourth-order valence-corrected chi connectivity index (χ4v) is 5.65. The van der Waals surface area contributed by atoms with E-state index in [1.807, 2.05) is 0 Å². The molecule has 2 rings (SSSR count). The summed E-state index contributed by atoms with van der Waals surface area (Å²) >= 11 is 1.67. The molecular formula is C27H51NO13S. The average Bonchev–Trinajstić information content (AvgIpc) is 2.97. The van der Waals surface area contributed by atoms with Crippen LogP contribution in [0.15, 0.2) is 0 Å². The van der Waals surface area contributed by atoms with Crippen molar-refractivity contribution in [3.8, 4) is 0 Å². The second kappa shape index (κ2) is 19.0. The van der Waals surface area contributed by atoms with E-state index in [1.54, 1.807) is 18.7 Å². The van der Waals surface area contributed by atoms with Crippen molar-refractivity contribution in [2.45, 2.75) is 126 Å². The number of carbonyl (C=O) groups is 1. The molecule has 42 heavy (non-hydrogen) atoms. The summed E-state index contributed by atoms with van der Waals surface area (Å²) in [4.78, 5) is 12.9. The predicted molar refractivity (Wildman–Crippen MR) is 151 cm³/mol. The highest BCUT2D eigenvalue weighted by molar-refractivity contribution is 7.99. The minimum atomic E-state index is -1.66. The number of thioether (sulfide) groups is 1. The van der Waals surface area contributed by atoms with Gasteiger partial charge in [0.1, 0.15) is 48.8 Å². The first-order chi connectivity index (χ1) is 20.0. The average molecular weight is 630 g/mol. The summed E-state index contributed by atoms with van der Waals surface area (Å²) in [5.41, 5.74) is -1.32. The van der Waals surface area contributed by atoms with E-state index < -0.39 is 80.2 Å². The maximum Gasteiger partial charge on any atom is 0.221 e. The van der Waals surface area contributed by atoms with E-state index in [9.17, 15) is 45.6 Å². The van der Waals surface area contributed by atoms with Crippen molar-refractivity contribution in [3.05, 3.63) is 0 Å². The summed E-state index contributed by atoms with van der Waals surface area (Å²) in [5.74, 6) is 1.19. The number of aliphatic hydroxyl groups is 8. The normalized spacial score (nSPS) is 35.1. The zero-order valence-electron chi connectivity index (χ0n) is 24.5. The fourth-order valence-electron chi connectivity index (χ4n) is 4.71. The number of amides is 1. The van der Waals surface area contributed by atoms with E-state index in [2.05, 4.69) is 12.2 Å². The maximum absolute atomic E-state index is 12.9. The van der Waals surface area contributed by atoms with Crippen molar-refractivity contribution >= 4 is 17.7 Å². The molecule has 14 nitrogen and oxygen atoms in total. The minimum absolute atomic E-state index is 0.191. The van der Waals surface area contributed by atoms with Crippen molar-refractivity contribution in [1.82, 2.24) is 5.32 Å². The van der Waals surface area contributed by atoms with Crippen molar-refractivity contribution < 1.29 is 64.6 Å². The fraction of sp³-hybridized carbons (Fsp3) is 0.963. The number of ether oxygens (including phenoxy) is 4. The molecule has 0 aliphatic carbocycles. The first-order valence-corrected chi connectivity index (χ1v) is 15.9. The third kappa shape index (κ3) is 11.4. The molecule has 0 radical (unpaired) electrons. The quantitative estimate of drug-likeness (QED) is 0.0703. The molecule has 2 aliphatic rings. The Labute approximate surface area is 251 Å². The van der Waals surface area contributed by atoms with Crippen LogP contribution in [0.4, 0.5) is 0 Å².